The van der Waals surface area contributed by atoms with Crippen LogP contribution in [0.15, 0.2) is 47.4 Å². The van der Waals surface area contributed by atoms with Crippen molar-refractivity contribution in [2.45, 2.75) is 60.9 Å². The summed E-state index contributed by atoms with van der Waals surface area (Å²) in [5.74, 6) is -1.73. The summed E-state index contributed by atoms with van der Waals surface area (Å²) in [5, 5.41) is 15.3. The van der Waals surface area contributed by atoms with Crippen LogP contribution in [-0.4, -0.2) is 38.7 Å². The highest BCUT2D eigenvalue weighted by atomic mass is 32.2. The average molecular weight is 507 g/mol. The van der Waals surface area contributed by atoms with Crippen LogP contribution in [0.3, 0.4) is 0 Å². The molecule has 9 heteroatoms. The minimum Gasteiger partial charge on any atom is -0.612 e. The van der Waals surface area contributed by atoms with E-state index in [0.717, 1.165) is 30.4 Å². The molecule has 2 saturated carbocycles. The molecule has 186 valence electrons. The maximum atomic E-state index is 15.3. The molecule has 36 heavy (non-hydrogen) atoms. The van der Waals surface area contributed by atoms with Crippen LogP contribution in [0.4, 0.5) is 4.39 Å². The lowest BCUT2D eigenvalue weighted by Gasteiger charge is -2.37. The second-order valence-electron chi connectivity index (χ2n) is 9.80. The fraction of sp³-hybridized carbons (Fsp3) is 0.370. The normalized spacial score (nSPS) is 18.7. The number of amides is 2. The number of hydrogen-bond acceptors (Lipinski definition) is 4. The number of nitrogens with zero attached hydrogens (tertiary/aromatic N) is 1. The lowest BCUT2D eigenvalue weighted by molar-refractivity contribution is -0.129. The molecule has 0 saturated heterocycles. The molecule has 0 bridgehead atoms. The quantitative estimate of drug-likeness (QED) is 0.431. The number of benzene rings is 2. The van der Waals surface area contributed by atoms with Crippen molar-refractivity contribution in [3.05, 3.63) is 54.0 Å². The number of fused-ring (bicyclic) bond motifs is 1. The zero-order valence-electron chi connectivity index (χ0n) is 19.9. The van der Waals surface area contributed by atoms with E-state index >= 15 is 4.39 Å². The second kappa shape index (κ2) is 9.26. The Morgan fingerprint density at radius 3 is 2.31 bits per heavy atom. The van der Waals surface area contributed by atoms with Gasteiger partial charge in [-0.15, -0.1) is 0 Å². The van der Waals surface area contributed by atoms with Gasteiger partial charge in [-0.1, -0.05) is 25.3 Å². The Labute approximate surface area is 211 Å². The van der Waals surface area contributed by atoms with Crippen molar-refractivity contribution in [3.8, 4) is 17.2 Å². The first-order valence-corrected chi connectivity index (χ1v) is 13.6. The van der Waals surface area contributed by atoms with Crippen LogP contribution in [0.25, 0.3) is 22.0 Å². The van der Waals surface area contributed by atoms with Gasteiger partial charge in [-0.3, -0.25) is 9.59 Å². The number of H-pyrrole nitrogens is 1. The number of aromatic amines is 1. The van der Waals surface area contributed by atoms with Crippen molar-refractivity contribution < 1.29 is 18.5 Å². The highest BCUT2D eigenvalue weighted by Crippen LogP contribution is 2.37. The maximum Gasteiger partial charge on any atom is 0.271 e. The molecule has 0 aliphatic heterocycles. The third-order valence-electron chi connectivity index (χ3n) is 7.29. The molecule has 2 amide bonds. The van der Waals surface area contributed by atoms with Crippen molar-refractivity contribution in [1.82, 2.24) is 15.6 Å². The molecule has 1 atom stereocenters. The van der Waals surface area contributed by atoms with E-state index < -0.39 is 34.0 Å². The highest BCUT2D eigenvalue weighted by molar-refractivity contribution is 7.90. The summed E-state index contributed by atoms with van der Waals surface area (Å²) >= 11 is -1.08. The molecule has 2 aromatic carbocycles. The molecule has 7 nitrogen and oxygen atoms in total. The number of nitriles is 1. The largest absolute Gasteiger partial charge is 0.612 e. The first-order chi connectivity index (χ1) is 17.3. The lowest BCUT2D eigenvalue weighted by Crippen LogP contribution is -2.61. The molecule has 2 aliphatic carbocycles. The van der Waals surface area contributed by atoms with Gasteiger partial charge in [-0.2, -0.15) is 5.26 Å². The maximum absolute atomic E-state index is 15.3. The van der Waals surface area contributed by atoms with Crippen molar-refractivity contribution in [3.63, 3.8) is 0 Å². The van der Waals surface area contributed by atoms with Crippen LogP contribution in [0, 0.1) is 17.1 Å². The summed E-state index contributed by atoms with van der Waals surface area (Å²) in [6.07, 6.45) is 6.16. The molecule has 3 aromatic rings. The molecule has 3 N–H and O–H groups in total. The molecule has 5 rings (SSSR count). The van der Waals surface area contributed by atoms with Crippen LogP contribution in [-0.2, 0) is 16.0 Å². The molecule has 1 aromatic heterocycles. The van der Waals surface area contributed by atoms with E-state index in [-0.39, 0.29) is 17.0 Å². The molecular weight excluding hydrogens is 479 g/mol. The second-order valence-corrected chi connectivity index (χ2v) is 11.2. The number of rotatable bonds is 6. The Morgan fingerprint density at radius 1 is 1.03 bits per heavy atom. The molecule has 1 unspecified atom stereocenters. The lowest BCUT2D eigenvalue weighted by atomic mass is 9.80. The number of carbonyl (C=O) groups excluding carboxylic acids is 2. The number of halogens is 1. The third-order valence-corrected chi connectivity index (χ3v) is 8.23. The first kappa shape index (κ1) is 24.3. The van der Waals surface area contributed by atoms with Gasteiger partial charge in [0, 0.05) is 10.9 Å². The van der Waals surface area contributed by atoms with E-state index in [2.05, 4.69) is 21.7 Å². The molecule has 2 aliphatic rings. The van der Waals surface area contributed by atoms with Crippen molar-refractivity contribution in [2.24, 2.45) is 0 Å². The monoisotopic (exact) mass is 506 g/mol. The van der Waals surface area contributed by atoms with E-state index in [4.69, 9.17) is 0 Å². The van der Waals surface area contributed by atoms with E-state index in [0.29, 0.717) is 36.1 Å². The number of hydrogen-bond donors (Lipinski definition) is 3. The van der Waals surface area contributed by atoms with Crippen LogP contribution in [0.5, 0.6) is 0 Å². The topological polar surface area (TPSA) is 121 Å². The van der Waals surface area contributed by atoms with Gasteiger partial charge >= 0.3 is 0 Å². The standard InChI is InChI=1S/C27H27FN4O3S/c1-36(35)19-8-5-17(6-9-19)18-7-10-20-21(15-18)30-23(22(20)28)24(33)31-27(11-3-2-4-12-27)25(34)32-26(16-29)13-14-26/h5-10,15,30H,2-4,11-14H2,1H3,(H,31,33)(H,32,34). The van der Waals surface area contributed by atoms with Gasteiger partial charge in [0.25, 0.3) is 5.91 Å². The van der Waals surface area contributed by atoms with Crippen molar-refractivity contribution in [2.75, 3.05) is 6.26 Å². The Balaban J connectivity index is 1.41. The van der Waals surface area contributed by atoms with Crippen LogP contribution >= 0.6 is 0 Å². The van der Waals surface area contributed by atoms with Crippen molar-refractivity contribution >= 4 is 33.9 Å². The van der Waals surface area contributed by atoms with Gasteiger partial charge in [-0.25, -0.2) is 4.39 Å². The zero-order valence-corrected chi connectivity index (χ0v) is 20.8. The number of aromatic nitrogens is 1. The summed E-state index contributed by atoms with van der Waals surface area (Å²) in [6.45, 7) is 0. The fourth-order valence-corrected chi connectivity index (χ4v) is 5.43. The predicted molar refractivity (Wildman–Crippen MR) is 135 cm³/mol. The molecule has 1 heterocycles. The summed E-state index contributed by atoms with van der Waals surface area (Å²) in [6, 6.07) is 14.6. The first-order valence-electron chi connectivity index (χ1n) is 12.1. The van der Waals surface area contributed by atoms with Crippen LogP contribution < -0.4 is 10.6 Å². The Kier molecular flexibility index (Phi) is 6.27. The SMILES string of the molecule is C[S+]([O-])c1ccc(-c2ccc3c(F)c(C(=O)NC4(C(=O)NC5(C#N)CC5)CCCCC4)[nH]c3c2)cc1. The minimum atomic E-state index is -1.17. The molecule has 0 radical (unpaired) electrons. The zero-order chi connectivity index (χ0) is 25.5. The van der Waals surface area contributed by atoms with Crippen LogP contribution in [0.1, 0.15) is 55.4 Å². The van der Waals surface area contributed by atoms with Gasteiger partial charge in [0.2, 0.25) is 5.91 Å². The third kappa shape index (κ3) is 4.47. The Morgan fingerprint density at radius 2 is 1.69 bits per heavy atom. The average Bonchev–Trinajstić information content (AvgIpc) is 3.59. The molecular formula is C27H27FN4O3S. The number of carbonyl (C=O) groups is 2. The Bertz CT molecular complexity index is 1370. The van der Waals surface area contributed by atoms with E-state index in [1.807, 2.05) is 12.1 Å². The smallest absolute Gasteiger partial charge is 0.271 e. The van der Waals surface area contributed by atoms with E-state index in [9.17, 15) is 19.4 Å². The van der Waals surface area contributed by atoms with Crippen molar-refractivity contribution in [1.29, 1.82) is 5.26 Å². The van der Waals surface area contributed by atoms with Gasteiger partial charge in [0.1, 0.15) is 23.0 Å². The van der Waals surface area contributed by atoms with Gasteiger partial charge < -0.3 is 20.2 Å². The van der Waals surface area contributed by atoms with E-state index in [1.54, 1.807) is 36.6 Å². The summed E-state index contributed by atoms with van der Waals surface area (Å²) in [7, 11) is 0. The van der Waals surface area contributed by atoms with Gasteiger partial charge in [0.15, 0.2) is 10.7 Å². The van der Waals surface area contributed by atoms with Gasteiger partial charge in [-0.05, 0) is 84.4 Å². The summed E-state index contributed by atoms with van der Waals surface area (Å²) in [4.78, 5) is 30.1. The fourth-order valence-electron chi connectivity index (χ4n) is 4.91. The number of nitrogens with one attached hydrogen (secondary N) is 3. The van der Waals surface area contributed by atoms with Gasteiger partial charge in [0.05, 0.1) is 6.07 Å². The van der Waals surface area contributed by atoms with Crippen LogP contribution in [0.2, 0.25) is 0 Å². The van der Waals surface area contributed by atoms with E-state index in [1.165, 1.54) is 0 Å². The highest BCUT2D eigenvalue weighted by Gasteiger charge is 2.50. The summed E-state index contributed by atoms with van der Waals surface area (Å²) in [5.41, 5.74) is -0.0909. The predicted octanol–water partition coefficient (Wildman–Crippen LogP) is 4.32. The minimum absolute atomic E-state index is 0.224. The molecule has 2 fully saturated rings. The molecule has 0 spiro atoms. The summed E-state index contributed by atoms with van der Waals surface area (Å²) < 4.78 is 27.0. The Hall–Kier alpha value is -3.35.